The largest absolute Gasteiger partial charge is 0.343 e. The highest BCUT2D eigenvalue weighted by Crippen LogP contribution is 2.48. The Hall–Kier alpha value is -2.13. The van der Waals surface area contributed by atoms with Crippen LogP contribution in [-0.4, -0.2) is 28.0 Å². The number of benzene rings is 1. The molecular formula is C22H25N3. The first kappa shape index (κ1) is 15.2. The van der Waals surface area contributed by atoms with E-state index in [1.54, 1.807) is 11.3 Å². The van der Waals surface area contributed by atoms with Gasteiger partial charge in [-0.15, -0.1) is 0 Å². The maximum absolute atomic E-state index is 4.21. The highest BCUT2D eigenvalue weighted by Gasteiger charge is 2.44. The molecule has 4 heterocycles. The first-order chi connectivity index (χ1) is 12.0. The first-order valence-corrected chi connectivity index (χ1v) is 9.26. The van der Waals surface area contributed by atoms with Crippen LogP contribution < -0.4 is 0 Å². The van der Waals surface area contributed by atoms with Gasteiger partial charge in [0.05, 0.1) is 0 Å². The highest BCUT2D eigenvalue weighted by molar-refractivity contribution is 5.87. The molecule has 2 aliphatic heterocycles. The summed E-state index contributed by atoms with van der Waals surface area (Å²) in [5.74, 6) is 0.553. The summed E-state index contributed by atoms with van der Waals surface area (Å²) in [6.07, 6.45) is 5.08. The molecule has 25 heavy (non-hydrogen) atoms. The molecule has 0 bridgehead atoms. The number of hydrogen-bond acceptors (Lipinski definition) is 2. The Kier molecular flexibility index (Phi) is 3.14. The van der Waals surface area contributed by atoms with Crippen LogP contribution in [0.25, 0.3) is 10.9 Å². The lowest BCUT2D eigenvalue weighted by molar-refractivity contribution is 0.177. The van der Waals surface area contributed by atoms with Crippen molar-refractivity contribution < 1.29 is 0 Å². The van der Waals surface area contributed by atoms with Crippen LogP contribution in [0.5, 0.6) is 0 Å². The van der Waals surface area contributed by atoms with Crippen molar-refractivity contribution in [3.63, 3.8) is 0 Å². The molecule has 2 aliphatic rings. The van der Waals surface area contributed by atoms with Gasteiger partial charge in [0.25, 0.3) is 0 Å². The Bertz CT molecular complexity index is 956. The first-order valence-electron chi connectivity index (χ1n) is 9.26. The fraction of sp³-hybridized carbons (Fsp3) is 0.409. The van der Waals surface area contributed by atoms with Gasteiger partial charge in [0.2, 0.25) is 0 Å². The summed E-state index contributed by atoms with van der Waals surface area (Å²) in [6, 6.07) is 11.4. The van der Waals surface area contributed by atoms with Crippen LogP contribution in [0.3, 0.4) is 0 Å². The van der Waals surface area contributed by atoms with E-state index in [9.17, 15) is 0 Å². The lowest BCUT2D eigenvalue weighted by Crippen LogP contribution is -2.47. The molecule has 0 aliphatic carbocycles. The number of pyridine rings is 1. The van der Waals surface area contributed by atoms with Crippen molar-refractivity contribution in [1.29, 1.82) is 0 Å². The SMILES string of the molecule is Cc1ccc2c(c1)c1c3n2CC(c2ccncc2)CC3(C)CN(C)C1. The zero-order valence-electron chi connectivity index (χ0n) is 15.3. The van der Waals surface area contributed by atoms with E-state index in [0.29, 0.717) is 5.92 Å². The number of aromatic nitrogens is 2. The van der Waals surface area contributed by atoms with Crippen molar-refractivity contribution in [3.05, 3.63) is 65.1 Å². The molecule has 3 aromatic rings. The van der Waals surface area contributed by atoms with Gasteiger partial charge in [0.1, 0.15) is 0 Å². The van der Waals surface area contributed by atoms with E-state index < -0.39 is 0 Å². The van der Waals surface area contributed by atoms with E-state index in [4.69, 9.17) is 0 Å². The summed E-state index contributed by atoms with van der Waals surface area (Å²) >= 11 is 0. The second-order valence-electron chi connectivity index (χ2n) is 8.37. The molecule has 0 saturated carbocycles. The molecule has 0 radical (unpaired) electrons. The molecule has 3 heteroatoms. The third kappa shape index (κ3) is 2.18. The quantitative estimate of drug-likeness (QED) is 0.665. The Balaban J connectivity index is 1.76. The minimum Gasteiger partial charge on any atom is -0.343 e. The molecule has 2 unspecified atom stereocenters. The van der Waals surface area contributed by atoms with Crippen molar-refractivity contribution in [2.24, 2.45) is 0 Å². The fourth-order valence-electron chi connectivity index (χ4n) is 5.42. The molecule has 3 nitrogen and oxygen atoms in total. The molecule has 2 aromatic heterocycles. The Morgan fingerprint density at radius 1 is 1.16 bits per heavy atom. The number of rotatable bonds is 1. The van der Waals surface area contributed by atoms with Gasteiger partial charge in [-0.2, -0.15) is 0 Å². The smallest absolute Gasteiger partial charge is 0.0486 e. The average molecular weight is 331 g/mol. The number of aryl methyl sites for hydroxylation is 1. The van der Waals surface area contributed by atoms with Crippen molar-refractivity contribution in [1.82, 2.24) is 14.5 Å². The van der Waals surface area contributed by atoms with Crippen molar-refractivity contribution in [3.8, 4) is 0 Å². The number of fused-ring (bicyclic) bond motifs is 3. The summed E-state index contributed by atoms with van der Waals surface area (Å²) in [7, 11) is 2.27. The minimum atomic E-state index is 0.210. The summed E-state index contributed by atoms with van der Waals surface area (Å²) in [6.45, 7) is 7.96. The second-order valence-corrected chi connectivity index (χ2v) is 8.37. The number of likely N-dealkylation sites (N-methyl/N-ethyl adjacent to an activating group) is 1. The van der Waals surface area contributed by atoms with E-state index in [2.05, 4.69) is 65.7 Å². The van der Waals surface area contributed by atoms with Gasteiger partial charge in [-0.3, -0.25) is 4.98 Å². The van der Waals surface area contributed by atoms with E-state index in [1.807, 2.05) is 12.4 Å². The average Bonchev–Trinajstić information content (AvgIpc) is 2.89. The fourth-order valence-corrected chi connectivity index (χ4v) is 5.42. The Morgan fingerprint density at radius 3 is 2.76 bits per heavy atom. The predicted octanol–water partition coefficient (Wildman–Crippen LogP) is 4.24. The van der Waals surface area contributed by atoms with E-state index in [1.165, 1.54) is 28.5 Å². The molecule has 0 N–H and O–H groups in total. The van der Waals surface area contributed by atoms with Gasteiger partial charge >= 0.3 is 0 Å². The third-order valence-corrected chi connectivity index (χ3v) is 6.22. The van der Waals surface area contributed by atoms with E-state index in [-0.39, 0.29) is 5.41 Å². The van der Waals surface area contributed by atoms with Gasteiger partial charge < -0.3 is 9.47 Å². The van der Waals surface area contributed by atoms with Gasteiger partial charge in [0.15, 0.2) is 0 Å². The molecule has 0 spiro atoms. The molecule has 0 saturated heterocycles. The van der Waals surface area contributed by atoms with Gasteiger partial charge in [0, 0.05) is 60.0 Å². The zero-order chi connectivity index (χ0) is 17.2. The maximum Gasteiger partial charge on any atom is 0.0486 e. The van der Waals surface area contributed by atoms with Crippen molar-refractivity contribution in [2.45, 2.75) is 44.7 Å². The van der Waals surface area contributed by atoms with Gasteiger partial charge in [-0.25, -0.2) is 0 Å². The van der Waals surface area contributed by atoms with Crippen LogP contribution in [0.15, 0.2) is 42.7 Å². The summed E-state index contributed by atoms with van der Waals surface area (Å²) in [5, 5.41) is 1.46. The molecule has 5 rings (SSSR count). The van der Waals surface area contributed by atoms with Crippen LogP contribution in [0, 0.1) is 6.92 Å². The Labute approximate surface area is 149 Å². The van der Waals surface area contributed by atoms with Crippen molar-refractivity contribution >= 4 is 10.9 Å². The Morgan fingerprint density at radius 2 is 1.96 bits per heavy atom. The molecule has 0 fully saturated rings. The van der Waals surface area contributed by atoms with E-state index >= 15 is 0 Å². The summed E-state index contributed by atoms with van der Waals surface area (Å²) < 4.78 is 2.63. The van der Waals surface area contributed by atoms with Crippen molar-refractivity contribution in [2.75, 3.05) is 13.6 Å². The highest BCUT2D eigenvalue weighted by atomic mass is 15.1. The van der Waals surface area contributed by atoms with Crippen LogP contribution in [-0.2, 0) is 18.5 Å². The normalized spacial score (nSPS) is 26.0. The van der Waals surface area contributed by atoms with Gasteiger partial charge in [-0.1, -0.05) is 18.6 Å². The molecular weight excluding hydrogens is 306 g/mol. The second kappa shape index (κ2) is 5.18. The standard InChI is InChI=1S/C22H25N3/c1-15-4-5-20-18(10-15)19-13-24(3)14-22(2)11-17(12-25(20)21(19)22)16-6-8-23-9-7-16/h4-10,17H,11-14H2,1-3H3. The monoisotopic (exact) mass is 331 g/mol. The van der Waals surface area contributed by atoms with E-state index in [0.717, 1.165) is 19.6 Å². The summed E-state index contributed by atoms with van der Waals surface area (Å²) in [4.78, 5) is 6.72. The lowest BCUT2D eigenvalue weighted by Gasteiger charge is -2.46. The maximum atomic E-state index is 4.21. The van der Waals surface area contributed by atoms with Crippen LogP contribution in [0.4, 0.5) is 0 Å². The lowest BCUT2D eigenvalue weighted by atomic mass is 9.70. The molecule has 1 aromatic carbocycles. The molecule has 128 valence electrons. The summed E-state index contributed by atoms with van der Waals surface area (Å²) in [5.41, 5.74) is 7.55. The number of nitrogens with zero attached hydrogens (tertiary/aromatic N) is 3. The third-order valence-electron chi connectivity index (χ3n) is 6.22. The molecule has 0 amide bonds. The molecule has 2 atom stereocenters. The minimum absolute atomic E-state index is 0.210. The number of hydrogen-bond donors (Lipinski definition) is 0. The topological polar surface area (TPSA) is 21.1 Å². The van der Waals surface area contributed by atoms with Crippen LogP contribution in [0.2, 0.25) is 0 Å². The predicted molar refractivity (Wildman–Crippen MR) is 102 cm³/mol. The zero-order valence-corrected chi connectivity index (χ0v) is 15.3. The van der Waals surface area contributed by atoms with Gasteiger partial charge in [-0.05, 0) is 55.8 Å². The van der Waals surface area contributed by atoms with Crippen LogP contribution in [0.1, 0.15) is 41.6 Å². The van der Waals surface area contributed by atoms with Crippen LogP contribution >= 0.6 is 0 Å².